The van der Waals surface area contributed by atoms with Gasteiger partial charge in [0.05, 0.1) is 16.8 Å². The van der Waals surface area contributed by atoms with Gasteiger partial charge >= 0.3 is 0 Å². The molecule has 2 rings (SSSR count). The Morgan fingerprint density at radius 3 is 2.70 bits per heavy atom. The summed E-state index contributed by atoms with van der Waals surface area (Å²) < 4.78 is 24.3. The van der Waals surface area contributed by atoms with Crippen molar-refractivity contribution in [2.45, 2.75) is 50.7 Å². The van der Waals surface area contributed by atoms with Crippen molar-refractivity contribution in [2.24, 2.45) is 5.14 Å². The molecule has 1 aromatic carbocycles. The van der Waals surface area contributed by atoms with E-state index in [9.17, 15) is 8.42 Å². The maximum atomic E-state index is 11.0. The Hall–Kier alpha value is -1.05. The number of unbranched alkanes of at least 4 members (excludes halogenated alkanes) is 3. The zero-order chi connectivity index (χ0) is 16.7. The van der Waals surface area contributed by atoms with Crippen molar-refractivity contribution in [3.63, 3.8) is 0 Å². The van der Waals surface area contributed by atoms with Crippen molar-refractivity contribution >= 4 is 32.8 Å². The van der Waals surface area contributed by atoms with Gasteiger partial charge in [0.1, 0.15) is 0 Å². The van der Waals surface area contributed by atoms with Crippen LogP contribution >= 0.6 is 11.8 Å². The van der Waals surface area contributed by atoms with Crippen LogP contribution in [0.15, 0.2) is 29.4 Å². The molecular weight excluding hydrogens is 330 g/mol. The predicted octanol–water partition coefficient (Wildman–Crippen LogP) is 3.39. The number of benzene rings is 1. The average molecular weight is 356 g/mol. The number of aromatic nitrogens is 2. The quantitative estimate of drug-likeness (QED) is 0.523. The predicted molar refractivity (Wildman–Crippen MR) is 97.2 cm³/mol. The zero-order valence-corrected chi connectivity index (χ0v) is 15.2. The minimum atomic E-state index is -3.37. The van der Waals surface area contributed by atoms with Crippen LogP contribution in [0.4, 0.5) is 0 Å². The lowest BCUT2D eigenvalue weighted by Crippen LogP contribution is -2.16. The molecule has 1 aromatic heterocycles. The first-order chi connectivity index (χ1) is 11.0. The molecule has 0 bridgehead atoms. The summed E-state index contributed by atoms with van der Waals surface area (Å²) >= 11 is 1.61. The number of fused-ring (bicyclic) bond motifs is 1. The van der Waals surface area contributed by atoms with Crippen molar-refractivity contribution < 1.29 is 8.42 Å². The molecule has 0 fully saturated rings. The van der Waals surface area contributed by atoms with Crippen LogP contribution in [0.1, 0.15) is 39.0 Å². The molecule has 0 spiro atoms. The molecule has 0 aliphatic heterocycles. The summed E-state index contributed by atoms with van der Waals surface area (Å²) in [5.41, 5.74) is 2.15. The Bertz CT molecular complexity index is 726. The van der Waals surface area contributed by atoms with Crippen LogP contribution in [0.3, 0.4) is 0 Å². The molecule has 0 amide bonds. The van der Waals surface area contributed by atoms with E-state index in [0.717, 1.165) is 29.2 Å². The van der Waals surface area contributed by atoms with Gasteiger partial charge in [0.25, 0.3) is 0 Å². The Labute approximate surface area is 142 Å². The number of nitrogens with two attached hydrogens (primary N) is 1. The summed E-state index contributed by atoms with van der Waals surface area (Å²) in [7, 11) is -3.37. The second kappa shape index (κ2) is 8.70. The first-order valence-corrected chi connectivity index (χ1v) is 10.8. The molecule has 5 nitrogen and oxygen atoms in total. The number of aryl methyl sites for hydroxylation is 1. The smallest absolute Gasteiger partial charge is 0.209 e. The first-order valence-electron chi connectivity index (χ1n) is 8.10. The molecule has 0 aliphatic rings. The highest BCUT2D eigenvalue weighted by atomic mass is 32.2. The summed E-state index contributed by atoms with van der Waals surface area (Å²) in [5.74, 6) is 0.728. The van der Waals surface area contributed by atoms with Gasteiger partial charge in [-0.05, 0) is 25.0 Å². The maximum absolute atomic E-state index is 11.0. The molecule has 128 valence electrons. The summed E-state index contributed by atoms with van der Waals surface area (Å²) in [6.45, 7) is 3.16. The van der Waals surface area contributed by atoms with E-state index in [0.29, 0.717) is 12.2 Å². The third kappa shape index (κ3) is 5.82. The molecule has 0 saturated heterocycles. The average Bonchev–Trinajstić information content (AvgIpc) is 2.85. The number of rotatable bonds is 10. The topological polar surface area (TPSA) is 78.0 Å². The minimum Gasteiger partial charge on any atom is -0.319 e. The summed E-state index contributed by atoms with van der Waals surface area (Å²) in [5, 5.41) is 6.01. The largest absolute Gasteiger partial charge is 0.319 e. The van der Waals surface area contributed by atoms with Gasteiger partial charge in [-0.15, -0.1) is 0 Å². The van der Waals surface area contributed by atoms with E-state index >= 15 is 0 Å². The highest BCUT2D eigenvalue weighted by molar-refractivity contribution is 7.99. The van der Waals surface area contributed by atoms with Crippen LogP contribution < -0.4 is 5.14 Å². The molecule has 2 aromatic rings. The number of imidazole rings is 1. The first kappa shape index (κ1) is 18.3. The van der Waals surface area contributed by atoms with Gasteiger partial charge in [-0.1, -0.05) is 50.1 Å². The number of nitrogens with zero attached hydrogens (tertiary/aromatic N) is 2. The second-order valence-electron chi connectivity index (χ2n) is 5.66. The number of para-hydroxylation sites is 2. The SMILES string of the molecule is CCCCCCn1c(SCCCS(N)(=O)=O)nc2ccccc21. The van der Waals surface area contributed by atoms with E-state index in [2.05, 4.69) is 17.6 Å². The van der Waals surface area contributed by atoms with Crippen molar-refractivity contribution in [3.05, 3.63) is 24.3 Å². The van der Waals surface area contributed by atoms with Crippen molar-refractivity contribution in [2.75, 3.05) is 11.5 Å². The van der Waals surface area contributed by atoms with E-state index in [-0.39, 0.29) is 5.75 Å². The fourth-order valence-corrected chi connectivity index (χ4v) is 4.21. The lowest BCUT2D eigenvalue weighted by molar-refractivity contribution is 0.563. The van der Waals surface area contributed by atoms with E-state index in [1.807, 2.05) is 18.2 Å². The fourth-order valence-electron chi connectivity index (χ4n) is 2.50. The molecule has 23 heavy (non-hydrogen) atoms. The van der Waals surface area contributed by atoms with Gasteiger partial charge in [-0.25, -0.2) is 18.5 Å². The minimum absolute atomic E-state index is 0.0245. The lowest BCUT2D eigenvalue weighted by Gasteiger charge is -2.08. The van der Waals surface area contributed by atoms with Gasteiger partial charge in [0, 0.05) is 12.3 Å². The van der Waals surface area contributed by atoms with Crippen molar-refractivity contribution in [1.29, 1.82) is 0 Å². The Kier molecular flexibility index (Phi) is 6.92. The van der Waals surface area contributed by atoms with Crippen LogP contribution in [0.2, 0.25) is 0 Å². The summed E-state index contributed by atoms with van der Waals surface area (Å²) in [6.07, 6.45) is 5.38. The number of hydrogen-bond donors (Lipinski definition) is 1. The third-order valence-corrected chi connectivity index (χ3v) is 5.58. The standard InChI is InChI=1S/C16H25N3O2S2/c1-2-3-4-7-11-19-15-10-6-5-9-14(15)18-16(19)22-12-8-13-23(17,20)21/h5-6,9-10H,2-4,7-8,11-13H2,1H3,(H2,17,20,21). The summed E-state index contributed by atoms with van der Waals surface area (Å²) in [4.78, 5) is 4.69. The normalized spacial score (nSPS) is 12.1. The Morgan fingerprint density at radius 2 is 1.96 bits per heavy atom. The van der Waals surface area contributed by atoms with E-state index < -0.39 is 10.0 Å². The number of hydrogen-bond acceptors (Lipinski definition) is 4. The van der Waals surface area contributed by atoms with Crippen molar-refractivity contribution in [3.8, 4) is 0 Å². The number of thioether (sulfide) groups is 1. The van der Waals surface area contributed by atoms with Gasteiger partial charge in [0.15, 0.2) is 5.16 Å². The molecule has 1 heterocycles. The molecule has 0 radical (unpaired) electrons. The van der Waals surface area contributed by atoms with Crippen LogP contribution in [0.25, 0.3) is 11.0 Å². The van der Waals surface area contributed by atoms with E-state index in [1.54, 1.807) is 11.8 Å². The molecular formula is C16H25N3O2S2. The van der Waals surface area contributed by atoms with Crippen molar-refractivity contribution in [1.82, 2.24) is 9.55 Å². The Morgan fingerprint density at radius 1 is 1.17 bits per heavy atom. The molecule has 2 N–H and O–H groups in total. The second-order valence-corrected chi connectivity index (χ2v) is 8.46. The number of primary sulfonamides is 1. The highest BCUT2D eigenvalue weighted by Gasteiger charge is 2.11. The van der Waals surface area contributed by atoms with Crippen LogP contribution in [0.5, 0.6) is 0 Å². The van der Waals surface area contributed by atoms with Gasteiger partial charge in [-0.3, -0.25) is 0 Å². The van der Waals surface area contributed by atoms with Gasteiger partial charge in [0.2, 0.25) is 10.0 Å². The zero-order valence-electron chi connectivity index (χ0n) is 13.6. The molecule has 0 unspecified atom stereocenters. The fraction of sp³-hybridized carbons (Fsp3) is 0.562. The molecule has 0 atom stereocenters. The third-order valence-electron chi connectivity index (χ3n) is 3.66. The molecule has 0 aliphatic carbocycles. The maximum Gasteiger partial charge on any atom is 0.209 e. The van der Waals surface area contributed by atoms with E-state index in [4.69, 9.17) is 10.1 Å². The molecule has 7 heteroatoms. The van der Waals surface area contributed by atoms with Crippen LogP contribution in [0, 0.1) is 0 Å². The molecule has 0 saturated carbocycles. The van der Waals surface area contributed by atoms with Gasteiger partial charge in [-0.2, -0.15) is 0 Å². The van der Waals surface area contributed by atoms with Gasteiger partial charge < -0.3 is 4.57 Å². The van der Waals surface area contributed by atoms with Crippen LogP contribution in [-0.4, -0.2) is 29.5 Å². The number of sulfonamides is 1. The summed E-state index contributed by atoms with van der Waals surface area (Å²) in [6, 6.07) is 8.14. The monoisotopic (exact) mass is 355 g/mol. The Balaban J connectivity index is 2.04. The lowest BCUT2D eigenvalue weighted by atomic mass is 10.2. The highest BCUT2D eigenvalue weighted by Crippen LogP contribution is 2.25. The van der Waals surface area contributed by atoms with E-state index in [1.165, 1.54) is 19.3 Å². The van der Waals surface area contributed by atoms with Crippen LogP contribution in [-0.2, 0) is 16.6 Å².